The molecule has 2 saturated heterocycles. The van der Waals surface area contributed by atoms with Crippen LogP contribution < -0.4 is 0 Å². The molecule has 0 aromatic heterocycles. The maximum atomic E-state index is 9.38. The standard InChI is InChI=1S/C7H12O4/c1-2-3-4(8)5(9)6-7(10-3)11-6/h3-9H,2H2,1H3. The predicted molar refractivity (Wildman–Crippen MR) is 35.8 cm³/mol. The normalized spacial score (nSPS) is 55.4. The maximum absolute atomic E-state index is 9.38. The van der Waals surface area contributed by atoms with Crippen molar-refractivity contribution < 1.29 is 19.7 Å². The number of fused-ring (bicyclic) bond motifs is 1. The van der Waals surface area contributed by atoms with E-state index in [4.69, 9.17) is 9.47 Å². The fraction of sp³-hybridized carbons (Fsp3) is 1.00. The van der Waals surface area contributed by atoms with Crippen LogP contribution in [-0.4, -0.2) is 40.9 Å². The van der Waals surface area contributed by atoms with Gasteiger partial charge in [-0.2, -0.15) is 0 Å². The fourth-order valence-corrected chi connectivity index (χ4v) is 1.47. The Bertz CT molecular complexity index is 161. The van der Waals surface area contributed by atoms with Crippen molar-refractivity contribution in [3.05, 3.63) is 0 Å². The minimum absolute atomic E-state index is 0.265. The van der Waals surface area contributed by atoms with Crippen molar-refractivity contribution in [3.8, 4) is 0 Å². The number of aliphatic hydroxyl groups is 2. The first-order chi connectivity index (χ1) is 5.24. The molecule has 0 aromatic carbocycles. The molecule has 2 rings (SSSR count). The molecule has 64 valence electrons. The number of ether oxygens (including phenoxy) is 2. The van der Waals surface area contributed by atoms with Crippen molar-refractivity contribution in [2.75, 3.05) is 0 Å². The molecule has 2 aliphatic heterocycles. The van der Waals surface area contributed by atoms with Crippen molar-refractivity contribution in [2.24, 2.45) is 0 Å². The molecule has 2 heterocycles. The summed E-state index contributed by atoms with van der Waals surface area (Å²) in [5.41, 5.74) is 0. The summed E-state index contributed by atoms with van der Waals surface area (Å²) < 4.78 is 10.2. The van der Waals surface area contributed by atoms with Crippen molar-refractivity contribution in [1.82, 2.24) is 0 Å². The highest BCUT2D eigenvalue weighted by Gasteiger charge is 2.55. The highest BCUT2D eigenvalue weighted by molar-refractivity contribution is 4.96. The first-order valence-electron chi connectivity index (χ1n) is 3.91. The van der Waals surface area contributed by atoms with E-state index in [9.17, 15) is 10.2 Å². The van der Waals surface area contributed by atoms with Crippen LogP contribution in [0.1, 0.15) is 13.3 Å². The van der Waals surface area contributed by atoms with Gasteiger partial charge in [0, 0.05) is 0 Å². The fourth-order valence-electron chi connectivity index (χ4n) is 1.47. The lowest BCUT2D eigenvalue weighted by Crippen LogP contribution is -2.46. The molecule has 0 amide bonds. The molecular formula is C7H12O4. The van der Waals surface area contributed by atoms with E-state index in [1.54, 1.807) is 0 Å². The van der Waals surface area contributed by atoms with Crippen LogP contribution in [0.25, 0.3) is 0 Å². The number of rotatable bonds is 1. The molecule has 0 saturated carbocycles. The lowest BCUT2D eigenvalue weighted by atomic mass is 10.0. The molecule has 0 bridgehead atoms. The van der Waals surface area contributed by atoms with E-state index >= 15 is 0 Å². The lowest BCUT2D eigenvalue weighted by molar-refractivity contribution is -0.131. The number of aliphatic hydroxyl groups excluding tert-OH is 2. The summed E-state index contributed by atoms with van der Waals surface area (Å²) in [5, 5.41) is 18.7. The third-order valence-electron chi connectivity index (χ3n) is 2.26. The second kappa shape index (κ2) is 2.42. The number of hydrogen-bond donors (Lipinski definition) is 2. The van der Waals surface area contributed by atoms with E-state index in [0.29, 0.717) is 6.42 Å². The van der Waals surface area contributed by atoms with Gasteiger partial charge in [-0.3, -0.25) is 0 Å². The van der Waals surface area contributed by atoms with Gasteiger partial charge in [0.15, 0.2) is 6.29 Å². The molecule has 2 N–H and O–H groups in total. The van der Waals surface area contributed by atoms with Gasteiger partial charge in [0.1, 0.15) is 18.3 Å². The monoisotopic (exact) mass is 160 g/mol. The van der Waals surface area contributed by atoms with Crippen LogP contribution in [0.5, 0.6) is 0 Å². The summed E-state index contributed by atoms with van der Waals surface area (Å²) in [6.45, 7) is 1.91. The predicted octanol–water partition coefficient (Wildman–Crippen LogP) is -0.758. The van der Waals surface area contributed by atoms with Crippen LogP contribution in [0.15, 0.2) is 0 Å². The minimum atomic E-state index is -0.788. The van der Waals surface area contributed by atoms with Gasteiger partial charge in [-0.1, -0.05) is 6.92 Å². The SMILES string of the molecule is CCC1OC2OC2C(O)C1O. The summed E-state index contributed by atoms with van der Waals surface area (Å²) in [6.07, 6.45) is -1.67. The van der Waals surface area contributed by atoms with Crippen LogP contribution in [0, 0.1) is 0 Å². The van der Waals surface area contributed by atoms with E-state index in [1.807, 2.05) is 6.92 Å². The summed E-state index contributed by atoms with van der Waals surface area (Å²) in [6, 6.07) is 0. The molecule has 0 spiro atoms. The Balaban J connectivity index is 2.03. The summed E-state index contributed by atoms with van der Waals surface area (Å²) in [7, 11) is 0. The smallest absolute Gasteiger partial charge is 0.187 e. The Morgan fingerprint density at radius 3 is 2.55 bits per heavy atom. The molecule has 0 aliphatic carbocycles. The largest absolute Gasteiger partial charge is 0.388 e. The van der Waals surface area contributed by atoms with Crippen LogP contribution >= 0.6 is 0 Å². The van der Waals surface area contributed by atoms with E-state index in [1.165, 1.54) is 0 Å². The maximum Gasteiger partial charge on any atom is 0.187 e. The lowest BCUT2D eigenvalue weighted by Gasteiger charge is -2.28. The van der Waals surface area contributed by atoms with E-state index in [2.05, 4.69) is 0 Å². The van der Waals surface area contributed by atoms with E-state index in [0.717, 1.165) is 0 Å². The number of epoxide rings is 1. The first-order valence-corrected chi connectivity index (χ1v) is 3.91. The molecule has 0 radical (unpaired) electrons. The highest BCUT2D eigenvalue weighted by atomic mass is 16.8. The Morgan fingerprint density at radius 1 is 1.18 bits per heavy atom. The summed E-state index contributed by atoms with van der Waals surface area (Å²) >= 11 is 0. The van der Waals surface area contributed by atoms with Gasteiger partial charge in [0.05, 0.1) is 6.10 Å². The van der Waals surface area contributed by atoms with Gasteiger partial charge in [0.25, 0.3) is 0 Å². The second-order valence-electron chi connectivity index (χ2n) is 3.03. The van der Waals surface area contributed by atoms with Gasteiger partial charge >= 0.3 is 0 Å². The Kier molecular flexibility index (Phi) is 1.64. The van der Waals surface area contributed by atoms with E-state index in [-0.39, 0.29) is 18.5 Å². The number of hydrogen-bond acceptors (Lipinski definition) is 4. The van der Waals surface area contributed by atoms with Crippen molar-refractivity contribution in [3.63, 3.8) is 0 Å². The molecular weight excluding hydrogens is 148 g/mol. The minimum Gasteiger partial charge on any atom is -0.388 e. The average molecular weight is 160 g/mol. The van der Waals surface area contributed by atoms with Gasteiger partial charge in [-0.05, 0) is 6.42 Å². The molecule has 0 aromatic rings. The van der Waals surface area contributed by atoms with Crippen molar-refractivity contribution in [2.45, 2.75) is 44.1 Å². The van der Waals surface area contributed by atoms with Crippen LogP contribution in [-0.2, 0) is 9.47 Å². The Hall–Kier alpha value is -0.160. The highest BCUT2D eigenvalue weighted by Crippen LogP contribution is 2.36. The molecule has 2 fully saturated rings. The zero-order chi connectivity index (χ0) is 8.01. The zero-order valence-electron chi connectivity index (χ0n) is 6.30. The quantitative estimate of drug-likeness (QED) is 0.495. The zero-order valence-corrected chi connectivity index (χ0v) is 6.30. The Morgan fingerprint density at radius 2 is 1.91 bits per heavy atom. The molecule has 11 heavy (non-hydrogen) atoms. The molecule has 4 nitrogen and oxygen atoms in total. The van der Waals surface area contributed by atoms with Gasteiger partial charge in [-0.15, -0.1) is 0 Å². The van der Waals surface area contributed by atoms with Gasteiger partial charge in [0.2, 0.25) is 0 Å². The molecule has 4 heteroatoms. The van der Waals surface area contributed by atoms with Crippen molar-refractivity contribution >= 4 is 0 Å². The van der Waals surface area contributed by atoms with Crippen LogP contribution in [0.2, 0.25) is 0 Å². The van der Waals surface area contributed by atoms with Crippen molar-refractivity contribution in [1.29, 1.82) is 0 Å². The first kappa shape index (κ1) is 7.49. The van der Waals surface area contributed by atoms with Crippen LogP contribution in [0.4, 0.5) is 0 Å². The summed E-state index contributed by atoms with van der Waals surface area (Å²) in [4.78, 5) is 0. The Labute approximate surface area is 64.7 Å². The second-order valence-corrected chi connectivity index (χ2v) is 3.03. The molecule has 5 atom stereocenters. The summed E-state index contributed by atoms with van der Waals surface area (Å²) in [5.74, 6) is 0. The average Bonchev–Trinajstić information content (AvgIpc) is 2.75. The molecule has 2 aliphatic rings. The third kappa shape index (κ3) is 1.06. The van der Waals surface area contributed by atoms with Gasteiger partial charge < -0.3 is 19.7 Å². The molecule has 5 unspecified atom stereocenters. The van der Waals surface area contributed by atoms with Crippen LogP contribution in [0.3, 0.4) is 0 Å². The topological polar surface area (TPSA) is 62.2 Å². The van der Waals surface area contributed by atoms with E-state index < -0.39 is 12.2 Å². The van der Waals surface area contributed by atoms with Gasteiger partial charge in [-0.25, -0.2) is 0 Å². The third-order valence-corrected chi connectivity index (χ3v) is 2.26.